The van der Waals surface area contributed by atoms with E-state index in [4.69, 9.17) is 21.9 Å². The summed E-state index contributed by atoms with van der Waals surface area (Å²) in [5.74, 6) is 0.962. The van der Waals surface area contributed by atoms with Gasteiger partial charge in [0, 0.05) is 17.5 Å². The van der Waals surface area contributed by atoms with Crippen LogP contribution in [0.25, 0.3) is 16.9 Å². The Bertz CT molecular complexity index is 1310. The van der Waals surface area contributed by atoms with Gasteiger partial charge in [0.25, 0.3) is 5.56 Å². The summed E-state index contributed by atoms with van der Waals surface area (Å²) in [4.78, 5) is 19.6. The molecule has 1 heterocycles. The number of fused-ring (bicyclic) bond motifs is 4. The number of aromatic nitrogens is 2. The second kappa shape index (κ2) is 9.70. The second-order valence-corrected chi connectivity index (χ2v) is 9.66. The Hall–Kier alpha value is -3.39. The van der Waals surface area contributed by atoms with Crippen molar-refractivity contribution >= 4 is 23.3 Å². The largest absolute Gasteiger partial charge is 0.495 e. The summed E-state index contributed by atoms with van der Waals surface area (Å²) < 4.78 is 7.27. The number of para-hydroxylation sites is 2. The standard InChI is InChI=1S/C27H31N5O2S/c1-3-28-26(35)31-30-25-29-23-19-12-6-5-11-18(19)17-27(15-9-4-10-16-27)22(23)24(33)32(25)20-13-7-8-14-21(20)34-2/h5-8,11-14H,3-4,9-10,15-17H2,1-2H3,(H,29,30)(H2,28,31,35). The molecular weight excluding hydrogens is 458 g/mol. The minimum atomic E-state index is -0.208. The normalized spacial score (nSPS) is 15.6. The summed E-state index contributed by atoms with van der Waals surface area (Å²) in [5, 5.41) is 3.48. The van der Waals surface area contributed by atoms with Crippen molar-refractivity contribution in [2.45, 2.75) is 50.9 Å². The minimum absolute atomic E-state index is 0.0606. The second-order valence-electron chi connectivity index (χ2n) is 9.26. The lowest BCUT2D eigenvalue weighted by Gasteiger charge is -2.42. The molecule has 0 amide bonds. The third-order valence-electron chi connectivity index (χ3n) is 7.18. The Morgan fingerprint density at radius 3 is 2.63 bits per heavy atom. The number of rotatable bonds is 5. The molecule has 1 saturated carbocycles. The molecule has 0 atom stereocenters. The summed E-state index contributed by atoms with van der Waals surface area (Å²) in [6.45, 7) is 2.65. The first-order valence-electron chi connectivity index (χ1n) is 12.3. The van der Waals surface area contributed by atoms with E-state index in [1.165, 1.54) is 12.0 Å². The lowest BCUT2D eigenvalue weighted by Crippen LogP contribution is -2.45. The van der Waals surface area contributed by atoms with Crippen molar-refractivity contribution < 1.29 is 4.74 Å². The molecule has 182 valence electrons. The Morgan fingerprint density at radius 2 is 1.86 bits per heavy atom. The highest BCUT2D eigenvalue weighted by molar-refractivity contribution is 7.80. The number of ether oxygens (including phenoxy) is 1. The van der Waals surface area contributed by atoms with Gasteiger partial charge in [-0.05, 0) is 56.1 Å². The zero-order valence-corrected chi connectivity index (χ0v) is 21.0. The van der Waals surface area contributed by atoms with Gasteiger partial charge in [-0.15, -0.1) is 0 Å². The summed E-state index contributed by atoms with van der Waals surface area (Å²) in [6, 6.07) is 15.9. The summed E-state index contributed by atoms with van der Waals surface area (Å²) >= 11 is 5.35. The number of hydrogen-bond donors (Lipinski definition) is 3. The number of methoxy groups -OCH3 is 1. The van der Waals surface area contributed by atoms with Gasteiger partial charge in [-0.2, -0.15) is 0 Å². The van der Waals surface area contributed by atoms with E-state index in [0.717, 1.165) is 48.9 Å². The van der Waals surface area contributed by atoms with Crippen LogP contribution in [0, 0.1) is 0 Å². The van der Waals surface area contributed by atoms with Crippen LogP contribution in [-0.4, -0.2) is 28.3 Å². The van der Waals surface area contributed by atoms with Crippen LogP contribution in [0.4, 0.5) is 5.95 Å². The molecule has 0 radical (unpaired) electrons. The number of hydrazine groups is 1. The molecule has 3 aromatic rings. The maximum atomic E-state index is 14.5. The first kappa shape index (κ1) is 23.4. The summed E-state index contributed by atoms with van der Waals surface area (Å²) in [6.07, 6.45) is 6.30. The molecule has 8 heteroatoms. The van der Waals surface area contributed by atoms with Gasteiger partial charge in [-0.3, -0.25) is 15.6 Å². The van der Waals surface area contributed by atoms with E-state index in [2.05, 4.69) is 34.4 Å². The molecular formula is C27H31N5O2S. The molecule has 5 rings (SSSR count). The average Bonchev–Trinajstić information content (AvgIpc) is 2.88. The van der Waals surface area contributed by atoms with Crippen molar-refractivity contribution in [3.63, 3.8) is 0 Å². The van der Waals surface area contributed by atoms with Gasteiger partial charge in [-0.25, -0.2) is 9.55 Å². The third kappa shape index (κ3) is 4.16. The van der Waals surface area contributed by atoms with Crippen molar-refractivity contribution in [2.75, 3.05) is 19.1 Å². The van der Waals surface area contributed by atoms with Gasteiger partial charge in [0.05, 0.1) is 24.1 Å². The maximum Gasteiger partial charge on any atom is 0.264 e. The Morgan fingerprint density at radius 1 is 1.11 bits per heavy atom. The van der Waals surface area contributed by atoms with Crippen LogP contribution in [0.2, 0.25) is 0 Å². The molecule has 3 N–H and O–H groups in total. The van der Waals surface area contributed by atoms with Crippen LogP contribution in [0.1, 0.15) is 50.2 Å². The van der Waals surface area contributed by atoms with E-state index >= 15 is 0 Å². The SMILES string of the molecule is CCNC(=S)NNc1nc2c(c(=O)n1-c1ccccc1OC)C1(CCCCC1)Cc1ccccc1-2. The van der Waals surface area contributed by atoms with Crippen molar-refractivity contribution in [1.82, 2.24) is 20.3 Å². The summed E-state index contributed by atoms with van der Waals surface area (Å²) in [5.41, 5.74) is 10.3. The molecule has 1 aromatic heterocycles. The van der Waals surface area contributed by atoms with E-state index in [-0.39, 0.29) is 11.0 Å². The monoisotopic (exact) mass is 489 g/mol. The van der Waals surface area contributed by atoms with Crippen LogP contribution in [0.5, 0.6) is 5.75 Å². The highest BCUT2D eigenvalue weighted by Crippen LogP contribution is 2.49. The van der Waals surface area contributed by atoms with Crippen molar-refractivity contribution in [3.05, 3.63) is 70.0 Å². The molecule has 1 fully saturated rings. The minimum Gasteiger partial charge on any atom is -0.495 e. The predicted molar refractivity (Wildman–Crippen MR) is 143 cm³/mol. The fraction of sp³-hybridized carbons (Fsp3) is 0.370. The lowest BCUT2D eigenvalue weighted by atomic mass is 9.62. The fourth-order valence-electron chi connectivity index (χ4n) is 5.65. The first-order valence-corrected chi connectivity index (χ1v) is 12.7. The molecule has 2 aromatic carbocycles. The maximum absolute atomic E-state index is 14.5. The molecule has 0 aliphatic heterocycles. The molecule has 1 spiro atoms. The van der Waals surface area contributed by atoms with Gasteiger partial charge < -0.3 is 10.1 Å². The first-order chi connectivity index (χ1) is 17.1. The van der Waals surface area contributed by atoms with Crippen LogP contribution in [0.3, 0.4) is 0 Å². The highest BCUT2D eigenvalue weighted by atomic mass is 32.1. The molecule has 7 nitrogen and oxygen atoms in total. The number of hydrogen-bond acceptors (Lipinski definition) is 5. The van der Waals surface area contributed by atoms with Crippen LogP contribution < -0.4 is 26.5 Å². The zero-order chi connectivity index (χ0) is 24.4. The fourth-order valence-corrected chi connectivity index (χ4v) is 5.84. The lowest BCUT2D eigenvalue weighted by molar-refractivity contribution is 0.284. The Balaban J connectivity index is 1.78. The number of benzene rings is 2. The quantitative estimate of drug-likeness (QED) is 0.360. The average molecular weight is 490 g/mol. The van der Waals surface area contributed by atoms with Gasteiger partial charge >= 0.3 is 0 Å². The van der Waals surface area contributed by atoms with E-state index in [1.807, 2.05) is 37.3 Å². The predicted octanol–water partition coefficient (Wildman–Crippen LogP) is 4.48. The molecule has 2 aliphatic rings. The number of nitrogens with zero attached hydrogens (tertiary/aromatic N) is 2. The van der Waals surface area contributed by atoms with Gasteiger partial charge in [-0.1, -0.05) is 55.7 Å². The number of nitrogens with one attached hydrogen (secondary N) is 3. The summed E-state index contributed by atoms with van der Waals surface area (Å²) in [7, 11) is 1.61. The van der Waals surface area contributed by atoms with E-state index in [0.29, 0.717) is 29.0 Å². The molecule has 0 saturated heterocycles. The van der Waals surface area contributed by atoms with E-state index < -0.39 is 0 Å². The smallest absolute Gasteiger partial charge is 0.264 e. The number of anilines is 1. The zero-order valence-electron chi connectivity index (χ0n) is 20.2. The molecule has 0 bridgehead atoms. The van der Waals surface area contributed by atoms with E-state index in [9.17, 15) is 4.79 Å². The van der Waals surface area contributed by atoms with Gasteiger partial charge in [0.15, 0.2) is 5.11 Å². The van der Waals surface area contributed by atoms with Crippen molar-refractivity contribution in [1.29, 1.82) is 0 Å². The van der Waals surface area contributed by atoms with Crippen molar-refractivity contribution in [2.24, 2.45) is 0 Å². The van der Waals surface area contributed by atoms with Gasteiger partial charge in [0.2, 0.25) is 5.95 Å². The highest BCUT2D eigenvalue weighted by Gasteiger charge is 2.43. The molecule has 35 heavy (non-hydrogen) atoms. The van der Waals surface area contributed by atoms with E-state index in [1.54, 1.807) is 11.7 Å². The third-order valence-corrected chi connectivity index (χ3v) is 7.42. The van der Waals surface area contributed by atoms with Crippen LogP contribution in [-0.2, 0) is 11.8 Å². The Kier molecular flexibility index (Phi) is 6.47. The van der Waals surface area contributed by atoms with Crippen LogP contribution in [0.15, 0.2) is 53.3 Å². The van der Waals surface area contributed by atoms with Gasteiger partial charge in [0.1, 0.15) is 5.75 Å². The van der Waals surface area contributed by atoms with Crippen LogP contribution >= 0.6 is 12.2 Å². The van der Waals surface area contributed by atoms with Crippen molar-refractivity contribution in [3.8, 4) is 22.7 Å². The molecule has 2 aliphatic carbocycles. The molecule has 0 unspecified atom stereocenters. The number of thiocarbonyl (C=S) groups is 1. The topological polar surface area (TPSA) is 80.2 Å². The Labute approximate surface area is 210 Å².